The number of unbranched alkanes of at least 4 members (excludes halogenated alkanes) is 37. The van der Waals surface area contributed by atoms with Crippen LogP contribution >= 0.6 is 0 Å². The zero-order valence-corrected chi connectivity index (χ0v) is 34.0. The highest BCUT2D eigenvalue weighted by Gasteiger charge is 2.09. The summed E-state index contributed by atoms with van der Waals surface area (Å²) in [6.07, 6.45) is 63.8. The lowest BCUT2D eigenvalue weighted by Crippen LogP contribution is -2.01. The predicted molar refractivity (Wildman–Crippen MR) is 219 cm³/mol. The third kappa shape index (κ3) is 42.1. The van der Waals surface area contributed by atoms with Crippen LogP contribution in [0.2, 0.25) is 0 Å². The maximum atomic E-state index is 2.35. The Hall–Kier alpha value is 0. The van der Waals surface area contributed by atoms with E-state index < -0.39 is 0 Å². The van der Waals surface area contributed by atoms with E-state index in [1.54, 1.807) is 0 Å². The highest BCUT2D eigenvalue weighted by molar-refractivity contribution is 4.62. The van der Waals surface area contributed by atoms with E-state index in [2.05, 4.69) is 20.8 Å². The molecule has 0 nitrogen and oxygen atoms in total. The Labute approximate surface area is 302 Å². The second-order valence-corrected chi connectivity index (χ2v) is 16.3. The van der Waals surface area contributed by atoms with E-state index in [0.29, 0.717) is 0 Å². The molecule has 0 amide bonds. The molecule has 0 heteroatoms. The normalized spacial score (nSPS) is 12.3. The quantitative estimate of drug-likeness (QED) is 0.0571. The lowest BCUT2D eigenvalue weighted by atomic mass is 9.89. The zero-order chi connectivity index (χ0) is 34.0. The van der Waals surface area contributed by atoms with Gasteiger partial charge in [-0.15, -0.1) is 0 Å². The van der Waals surface area contributed by atoms with Gasteiger partial charge >= 0.3 is 0 Å². The van der Waals surface area contributed by atoms with E-state index in [1.165, 1.54) is 276 Å². The third-order valence-corrected chi connectivity index (χ3v) is 11.4. The average molecular weight is 661 g/mol. The number of hydrogen-bond donors (Lipinski definition) is 0. The van der Waals surface area contributed by atoms with Crippen LogP contribution in [0.15, 0.2) is 0 Å². The van der Waals surface area contributed by atoms with Crippen molar-refractivity contribution < 1.29 is 0 Å². The summed E-state index contributed by atoms with van der Waals surface area (Å²) in [5.74, 6) is 1.04. The fourth-order valence-corrected chi connectivity index (χ4v) is 7.96. The Bertz CT molecular complexity index is 508. The molecule has 0 aromatic heterocycles. The molecule has 0 radical (unpaired) electrons. The number of hydrogen-bond acceptors (Lipinski definition) is 0. The van der Waals surface area contributed by atoms with E-state index in [0.717, 1.165) is 5.92 Å². The molecule has 0 aromatic rings. The van der Waals surface area contributed by atoms with Crippen LogP contribution in [0, 0.1) is 5.92 Å². The maximum absolute atomic E-state index is 2.35. The van der Waals surface area contributed by atoms with E-state index in [9.17, 15) is 0 Å². The molecule has 1 atom stereocenters. The van der Waals surface area contributed by atoms with Crippen LogP contribution in [0.25, 0.3) is 0 Å². The van der Waals surface area contributed by atoms with Gasteiger partial charge in [0.2, 0.25) is 0 Å². The first-order valence-electron chi connectivity index (χ1n) is 23.3. The van der Waals surface area contributed by atoms with Gasteiger partial charge < -0.3 is 0 Å². The van der Waals surface area contributed by atoms with Crippen LogP contribution in [0.5, 0.6) is 0 Å². The van der Waals surface area contributed by atoms with Crippen LogP contribution in [-0.2, 0) is 0 Å². The monoisotopic (exact) mass is 661 g/mol. The van der Waals surface area contributed by atoms with Gasteiger partial charge in [0.15, 0.2) is 0 Å². The molecule has 1 unspecified atom stereocenters. The van der Waals surface area contributed by atoms with Crippen molar-refractivity contribution >= 4 is 0 Å². The molecule has 0 aliphatic heterocycles. The van der Waals surface area contributed by atoms with E-state index in [4.69, 9.17) is 0 Å². The maximum Gasteiger partial charge on any atom is -0.0414 e. The van der Waals surface area contributed by atoms with Gasteiger partial charge in [0, 0.05) is 0 Å². The van der Waals surface area contributed by atoms with Gasteiger partial charge in [-0.25, -0.2) is 0 Å². The summed E-state index contributed by atoms with van der Waals surface area (Å²) in [6, 6.07) is 0. The van der Waals surface area contributed by atoms with Crippen molar-refractivity contribution in [3.63, 3.8) is 0 Å². The molecule has 0 rings (SSSR count). The molecular weight excluding hydrogens is 565 g/mol. The minimum Gasteiger partial charge on any atom is -0.0654 e. The highest BCUT2D eigenvalue weighted by atomic mass is 14.1. The van der Waals surface area contributed by atoms with Gasteiger partial charge in [0.1, 0.15) is 0 Å². The highest BCUT2D eigenvalue weighted by Crippen LogP contribution is 2.25. The van der Waals surface area contributed by atoms with Crippen LogP contribution in [-0.4, -0.2) is 0 Å². The summed E-state index contributed by atoms with van der Waals surface area (Å²) in [4.78, 5) is 0. The Kier molecular flexibility index (Phi) is 44.0. The van der Waals surface area contributed by atoms with Gasteiger partial charge in [-0.2, -0.15) is 0 Å². The van der Waals surface area contributed by atoms with Crippen LogP contribution in [0.1, 0.15) is 297 Å². The fraction of sp³-hybridized carbons (Fsp3) is 1.00. The van der Waals surface area contributed by atoms with Crippen molar-refractivity contribution in [2.75, 3.05) is 0 Å². The van der Waals surface area contributed by atoms with Crippen LogP contribution in [0.4, 0.5) is 0 Å². The molecule has 0 heterocycles. The Morgan fingerprint density at radius 3 is 0.468 bits per heavy atom. The number of rotatable bonds is 43. The first-order chi connectivity index (χ1) is 23.3. The van der Waals surface area contributed by atoms with Gasteiger partial charge in [-0.3, -0.25) is 0 Å². The summed E-state index contributed by atoms with van der Waals surface area (Å²) in [7, 11) is 0. The van der Waals surface area contributed by atoms with Crippen LogP contribution in [0.3, 0.4) is 0 Å². The molecule has 0 aromatic carbocycles. The molecule has 0 spiro atoms. The first kappa shape index (κ1) is 47.0. The van der Waals surface area contributed by atoms with Crippen molar-refractivity contribution in [2.45, 2.75) is 297 Å². The SMILES string of the molecule is CCCCCCCCCCCCCCCCCCCCCCCC(CCCCCC)CCCCCCCCCCCCCCCCC. The summed E-state index contributed by atoms with van der Waals surface area (Å²) in [5, 5.41) is 0. The topological polar surface area (TPSA) is 0 Å². The zero-order valence-electron chi connectivity index (χ0n) is 34.0. The van der Waals surface area contributed by atoms with Crippen molar-refractivity contribution in [1.29, 1.82) is 0 Å². The second kappa shape index (κ2) is 44.0. The fourth-order valence-electron chi connectivity index (χ4n) is 7.96. The van der Waals surface area contributed by atoms with Crippen molar-refractivity contribution in [1.82, 2.24) is 0 Å². The van der Waals surface area contributed by atoms with Crippen LogP contribution < -0.4 is 0 Å². The molecule has 0 saturated carbocycles. The van der Waals surface area contributed by atoms with Gasteiger partial charge in [-0.1, -0.05) is 297 Å². The molecule has 0 bridgehead atoms. The van der Waals surface area contributed by atoms with Crippen molar-refractivity contribution in [3.8, 4) is 0 Å². The molecular formula is C47H96. The Balaban J connectivity index is 3.55. The van der Waals surface area contributed by atoms with E-state index >= 15 is 0 Å². The van der Waals surface area contributed by atoms with Crippen molar-refractivity contribution in [2.24, 2.45) is 5.92 Å². The lowest BCUT2D eigenvalue weighted by Gasteiger charge is -2.17. The van der Waals surface area contributed by atoms with Gasteiger partial charge in [0.05, 0.1) is 0 Å². The Morgan fingerprint density at radius 1 is 0.170 bits per heavy atom. The van der Waals surface area contributed by atoms with E-state index in [1.807, 2.05) is 0 Å². The molecule has 0 fully saturated rings. The first-order valence-corrected chi connectivity index (χ1v) is 23.3. The molecule has 0 saturated heterocycles. The molecule has 0 N–H and O–H groups in total. The summed E-state index contributed by atoms with van der Waals surface area (Å²) in [6.45, 7) is 6.98. The standard InChI is InChI=1S/C47H96/c1-4-7-10-13-15-17-19-21-23-24-25-26-27-28-30-32-34-36-38-40-43-46-47(44-41-12-9-6-3)45-42-39-37-35-33-31-29-22-20-18-16-14-11-8-5-2/h47H,4-46H2,1-3H3. The molecule has 0 aliphatic carbocycles. The molecule has 284 valence electrons. The van der Waals surface area contributed by atoms with Crippen molar-refractivity contribution in [3.05, 3.63) is 0 Å². The minimum atomic E-state index is 1.04. The average Bonchev–Trinajstić information content (AvgIpc) is 3.08. The minimum absolute atomic E-state index is 1.04. The smallest absolute Gasteiger partial charge is 0.0414 e. The van der Waals surface area contributed by atoms with Gasteiger partial charge in [0.25, 0.3) is 0 Å². The summed E-state index contributed by atoms with van der Waals surface area (Å²) >= 11 is 0. The Morgan fingerprint density at radius 2 is 0.298 bits per heavy atom. The lowest BCUT2D eigenvalue weighted by molar-refractivity contribution is 0.366. The predicted octanol–water partition coefficient (Wildman–Crippen LogP) is 18.4. The summed E-state index contributed by atoms with van der Waals surface area (Å²) < 4.78 is 0. The summed E-state index contributed by atoms with van der Waals surface area (Å²) in [5.41, 5.74) is 0. The second-order valence-electron chi connectivity index (χ2n) is 16.3. The van der Waals surface area contributed by atoms with Gasteiger partial charge in [-0.05, 0) is 5.92 Å². The largest absolute Gasteiger partial charge is 0.0654 e. The van der Waals surface area contributed by atoms with E-state index in [-0.39, 0.29) is 0 Å². The third-order valence-electron chi connectivity index (χ3n) is 11.4. The molecule has 47 heavy (non-hydrogen) atoms. The molecule has 0 aliphatic rings.